The van der Waals surface area contributed by atoms with E-state index in [1.54, 1.807) is 25.1 Å². The van der Waals surface area contributed by atoms with Gasteiger partial charge in [-0.1, -0.05) is 40.8 Å². The van der Waals surface area contributed by atoms with Gasteiger partial charge in [0.05, 0.1) is 11.2 Å². The molecule has 1 aliphatic rings. The van der Waals surface area contributed by atoms with E-state index in [9.17, 15) is 18.0 Å². The predicted octanol–water partition coefficient (Wildman–Crippen LogP) is 3.25. The van der Waals surface area contributed by atoms with Gasteiger partial charge in [-0.25, -0.2) is 0 Å². The Morgan fingerprint density at radius 1 is 1.41 bits per heavy atom. The van der Waals surface area contributed by atoms with Crippen LogP contribution in [0.2, 0.25) is 0 Å². The third-order valence-electron chi connectivity index (χ3n) is 2.92. The quantitative estimate of drug-likeness (QED) is 0.560. The zero-order valence-corrected chi connectivity index (χ0v) is 11.0. The van der Waals surface area contributed by atoms with Crippen molar-refractivity contribution in [3.63, 3.8) is 0 Å². The summed E-state index contributed by atoms with van der Waals surface area (Å²) >= 11 is 1.99. The number of nitrogens with zero attached hydrogens (tertiary/aromatic N) is 1. The molecule has 1 unspecified atom stereocenters. The smallest absolute Gasteiger partial charge is 0.293 e. The van der Waals surface area contributed by atoms with Crippen LogP contribution in [0.15, 0.2) is 24.3 Å². The molecule has 6 heteroatoms. The third kappa shape index (κ3) is 1.73. The molecule has 1 heterocycles. The standard InChI is InChI=1S/C11H9F3INO/c1-10(6-15)7-4-2-3-5-8(7)16(10)9(17)11(12,13)14/h2-5H,6H2,1H3. The Morgan fingerprint density at radius 2 is 2.00 bits per heavy atom. The maximum Gasteiger partial charge on any atom is 0.471 e. The monoisotopic (exact) mass is 355 g/mol. The van der Waals surface area contributed by atoms with Crippen LogP contribution in [0.5, 0.6) is 0 Å². The zero-order valence-electron chi connectivity index (χ0n) is 8.88. The van der Waals surface area contributed by atoms with Gasteiger partial charge in [-0.05, 0) is 13.0 Å². The van der Waals surface area contributed by atoms with Gasteiger partial charge in [0.25, 0.3) is 0 Å². The highest BCUT2D eigenvalue weighted by Gasteiger charge is 2.55. The second-order valence-corrected chi connectivity index (χ2v) is 4.83. The number of alkyl halides is 4. The summed E-state index contributed by atoms with van der Waals surface area (Å²) in [5, 5.41) is 0. The Bertz CT molecular complexity index is 474. The van der Waals surface area contributed by atoms with Crippen molar-refractivity contribution in [3.8, 4) is 0 Å². The lowest BCUT2D eigenvalue weighted by Gasteiger charge is -2.51. The molecule has 0 aromatic heterocycles. The molecule has 17 heavy (non-hydrogen) atoms. The molecule has 0 N–H and O–H groups in total. The normalized spacial score (nSPS) is 23.0. The molecule has 0 saturated carbocycles. The summed E-state index contributed by atoms with van der Waals surface area (Å²) in [6.45, 7) is 1.64. The van der Waals surface area contributed by atoms with E-state index >= 15 is 0 Å². The van der Waals surface area contributed by atoms with Gasteiger partial charge in [0.2, 0.25) is 0 Å². The number of anilines is 1. The van der Waals surface area contributed by atoms with Crippen LogP contribution in [0, 0.1) is 0 Å². The minimum absolute atomic E-state index is 0.356. The molecular weight excluding hydrogens is 346 g/mol. The second-order valence-electron chi connectivity index (χ2n) is 4.06. The largest absolute Gasteiger partial charge is 0.471 e. The lowest BCUT2D eigenvalue weighted by Crippen LogP contribution is -2.60. The van der Waals surface area contributed by atoms with E-state index < -0.39 is 17.6 Å². The van der Waals surface area contributed by atoms with Crippen LogP contribution in [-0.4, -0.2) is 16.5 Å². The first-order chi connectivity index (χ1) is 7.82. The van der Waals surface area contributed by atoms with Crippen LogP contribution in [0.1, 0.15) is 12.5 Å². The van der Waals surface area contributed by atoms with Crippen LogP contribution >= 0.6 is 22.6 Å². The average molecular weight is 355 g/mol. The molecule has 0 saturated heterocycles. The number of fused-ring (bicyclic) bond motifs is 1. The predicted molar refractivity (Wildman–Crippen MR) is 66.2 cm³/mol. The number of para-hydroxylation sites is 1. The highest BCUT2D eigenvalue weighted by atomic mass is 127. The lowest BCUT2D eigenvalue weighted by atomic mass is 9.81. The molecule has 2 rings (SSSR count). The number of benzene rings is 1. The fourth-order valence-electron chi connectivity index (χ4n) is 2.05. The van der Waals surface area contributed by atoms with Gasteiger partial charge >= 0.3 is 12.1 Å². The van der Waals surface area contributed by atoms with E-state index in [0.29, 0.717) is 10.1 Å². The molecule has 0 aliphatic carbocycles. The molecule has 0 radical (unpaired) electrons. The highest BCUT2D eigenvalue weighted by molar-refractivity contribution is 14.1. The van der Waals surface area contributed by atoms with Gasteiger partial charge in [0, 0.05) is 9.99 Å². The maximum atomic E-state index is 12.5. The zero-order chi connectivity index (χ0) is 12.8. The first kappa shape index (κ1) is 12.7. The van der Waals surface area contributed by atoms with Crippen molar-refractivity contribution in [3.05, 3.63) is 29.8 Å². The maximum absolute atomic E-state index is 12.5. The summed E-state index contributed by atoms with van der Waals surface area (Å²) in [7, 11) is 0. The molecule has 1 atom stereocenters. The summed E-state index contributed by atoms with van der Waals surface area (Å²) in [5.41, 5.74) is 0.282. The van der Waals surface area contributed by atoms with Crippen molar-refractivity contribution in [2.75, 3.05) is 9.33 Å². The van der Waals surface area contributed by atoms with Gasteiger partial charge in [-0.2, -0.15) is 13.2 Å². The van der Waals surface area contributed by atoms with Crippen LogP contribution in [0.4, 0.5) is 18.9 Å². The number of halogens is 4. The van der Waals surface area contributed by atoms with Gasteiger partial charge < -0.3 is 0 Å². The molecule has 0 spiro atoms. The number of carbonyl (C=O) groups is 1. The molecule has 92 valence electrons. The Morgan fingerprint density at radius 3 is 2.53 bits per heavy atom. The van der Waals surface area contributed by atoms with Crippen LogP contribution in [0.3, 0.4) is 0 Å². The van der Waals surface area contributed by atoms with Crippen molar-refractivity contribution in [2.24, 2.45) is 0 Å². The molecule has 1 amide bonds. The minimum Gasteiger partial charge on any atom is -0.293 e. The lowest BCUT2D eigenvalue weighted by molar-refractivity contribution is -0.172. The number of carbonyl (C=O) groups excluding carboxylic acids is 1. The number of hydrogen-bond acceptors (Lipinski definition) is 1. The number of rotatable bonds is 1. The molecular formula is C11H9F3INO. The fraction of sp³-hybridized carbons (Fsp3) is 0.364. The van der Waals surface area contributed by atoms with Crippen molar-refractivity contribution >= 4 is 34.2 Å². The SMILES string of the molecule is CC1(CI)c2ccccc2N1C(=O)C(F)(F)F. The highest BCUT2D eigenvalue weighted by Crippen LogP contribution is 2.50. The fourth-order valence-corrected chi connectivity index (χ4v) is 2.80. The van der Waals surface area contributed by atoms with E-state index in [1.165, 1.54) is 6.07 Å². The van der Waals surface area contributed by atoms with Gasteiger partial charge in [0.1, 0.15) is 0 Å². The van der Waals surface area contributed by atoms with Crippen molar-refractivity contribution in [2.45, 2.75) is 18.6 Å². The Labute approximate surface area is 110 Å². The summed E-state index contributed by atoms with van der Waals surface area (Å²) in [6.07, 6.45) is -4.83. The van der Waals surface area contributed by atoms with Gasteiger partial charge in [-0.3, -0.25) is 9.69 Å². The van der Waals surface area contributed by atoms with E-state index in [-0.39, 0.29) is 0 Å². The van der Waals surface area contributed by atoms with E-state index in [1.807, 2.05) is 22.6 Å². The van der Waals surface area contributed by atoms with Crippen molar-refractivity contribution in [1.82, 2.24) is 0 Å². The topological polar surface area (TPSA) is 20.3 Å². The van der Waals surface area contributed by atoms with Crippen LogP contribution < -0.4 is 4.90 Å². The van der Waals surface area contributed by atoms with Crippen LogP contribution in [0.25, 0.3) is 0 Å². The number of amides is 1. The Hall–Kier alpha value is -0.790. The third-order valence-corrected chi connectivity index (χ3v) is 4.41. The minimum atomic E-state index is -4.83. The Kier molecular flexibility index (Phi) is 2.87. The molecule has 0 bridgehead atoms. The summed E-state index contributed by atoms with van der Waals surface area (Å²) in [4.78, 5) is 12.2. The molecule has 1 aromatic rings. The Balaban J connectivity index is 2.47. The number of hydrogen-bond donors (Lipinski definition) is 0. The first-order valence-corrected chi connectivity index (χ1v) is 6.42. The summed E-state index contributed by atoms with van der Waals surface area (Å²) in [6, 6.07) is 6.68. The van der Waals surface area contributed by atoms with Gasteiger partial charge in [0.15, 0.2) is 0 Å². The average Bonchev–Trinajstić information content (AvgIpc) is 2.26. The van der Waals surface area contributed by atoms with Crippen LogP contribution in [-0.2, 0) is 10.3 Å². The van der Waals surface area contributed by atoms with E-state index in [0.717, 1.165) is 10.5 Å². The van der Waals surface area contributed by atoms with Gasteiger partial charge in [-0.15, -0.1) is 0 Å². The molecule has 1 aromatic carbocycles. The molecule has 1 aliphatic heterocycles. The van der Waals surface area contributed by atoms with Crippen molar-refractivity contribution in [1.29, 1.82) is 0 Å². The summed E-state index contributed by atoms with van der Waals surface area (Å²) in [5.74, 6) is -1.80. The van der Waals surface area contributed by atoms with E-state index in [2.05, 4.69) is 0 Å². The first-order valence-electron chi connectivity index (χ1n) is 4.89. The molecule has 0 fully saturated rings. The second kappa shape index (κ2) is 3.86. The summed E-state index contributed by atoms with van der Waals surface area (Å²) < 4.78 is 37.9. The van der Waals surface area contributed by atoms with E-state index in [4.69, 9.17) is 0 Å². The van der Waals surface area contributed by atoms with Crippen molar-refractivity contribution < 1.29 is 18.0 Å². The molecule has 2 nitrogen and oxygen atoms in total.